The van der Waals surface area contributed by atoms with Gasteiger partial charge >= 0.3 is 7.12 Å². The van der Waals surface area contributed by atoms with E-state index in [1.807, 2.05) is 18.2 Å². The maximum Gasteiger partial charge on any atom is 0.488 e. The molecule has 0 fully saturated rings. The van der Waals surface area contributed by atoms with E-state index in [1.54, 1.807) is 6.07 Å². The van der Waals surface area contributed by atoms with Crippen LogP contribution in [0.4, 0.5) is 11.4 Å². The Morgan fingerprint density at radius 3 is 2.24 bits per heavy atom. The van der Waals surface area contributed by atoms with E-state index in [2.05, 4.69) is 140 Å². The molecule has 2 heterocycles. The molecule has 0 saturated heterocycles. The fraction of sp³-hybridized carbons (Fsp3) is 0.250. The van der Waals surface area contributed by atoms with Gasteiger partial charge in [-0.15, -0.1) is 0 Å². The predicted molar refractivity (Wildman–Crippen MR) is 208 cm³/mol. The summed E-state index contributed by atoms with van der Waals surface area (Å²) in [6.45, 7) is 10.6. The van der Waals surface area contributed by atoms with Gasteiger partial charge in [0, 0.05) is 51.6 Å². The van der Waals surface area contributed by atoms with Crippen LogP contribution in [0.1, 0.15) is 69.2 Å². The third kappa shape index (κ3) is 6.35. The number of nitrogens with zero attached hydrogens (tertiary/aromatic N) is 2. The van der Waals surface area contributed by atoms with Crippen molar-refractivity contribution >= 4 is 41.3 Å². The number of hydrogen-bond acceptors (Lipinski definition) is 3. The highest BCUT2D eigenvalue weighted by molar-refractivity contribution is 6.58. The standard InChI is InChI=1S/C44H45BClN2O2/c1-43(2)36-20-8-10-22-38(36)47(29-31-14-6-5-7-15-31)40(43)26-24-33-17-13-18-34(42(33)46)25-27-41-44(3,4)37-21-9-11-23-39(37)48(41)30-32-16-12-19-35(28-32)45(49)50/h5-12,14-16,19-28,49-50H,13,17-18,29-30H2,1-4H3/q+1. The lowest BCUT2D eigenvalue weighted by Gasteiger charge is -2.27. The Labute approximate surface area is 302 Å². The zero-order valence-electron chi connectivity index (χ0n) is 29.4. The summed E-state index contributed by atoms with van der Waals surface area (Å²) < 4.78 is 2.36. The molecule has 4 nitrogen and oxygen atoms in total. The molecule has 0 atom stereocenters. The summed E-state index contributed by atoms with van der Waals surface area (Å²) in [6, 6.07) is 35.6. The number of rotatable bonds is 8. The Kier molecular flexibility index (Phi) is 9.34. The first-order chi connectivity index (χ1) is 24.1. The molecule has 0 amide bonds. The third-order valence-electron chi connectivity index (χ3n) is 10.7. The molecule has 0 spiro atoms. The molecule has 0 aromatic heterocycles. The molecule has 0 bridgehead atoms. The molecule has 3 aliphatic rings. The summed E-state index contributed by atoms with van der Waals surface area (Å²) >= 11 is 7.27. The lowest BCUT2D eigenvalue weighted by atomic mass is 9.79. The highest BCUT2D eigenvalue weighted by atomic mass is 35.5. The number of para-hydroxylation sites is 2. The van der Waals surface area contributed by atoms with Crippen LogP contribution in [0.15, 0.2) is 149 Å². The van der Waals surface area contributed by atoms with Crippen molar-refractivity contribution in [1.82, 2.24) is 0 Å². The van der Waals surface area contributed by atoms with Crippen molar-refractivity contribution in [2.75, 3.05) is 4.90 Å². The van der Waals surface area contributed by atoms with E-state index in [0.717, 1.165) is 42.0 Å². The van der Waals surface area contributed by atoms with Gasteiger partial charge in [0.2, 0.25) is 5.69 Å². The number of anilines is 1. The van der Waals surface area contributed by atoms with Crippen LogP contribution in [0.25, 0.3) is 0 Å². The van der Waals surface area contributed by atoms with Crippen molar-refractivity contribution in [3.8, 4) is 0 Å². The van der Waals surface area contributed by atoms with E-state index in [1.165, 1.54) is 45.0 Å². The molecule has 0 radical (unpaired) electrons. The van der Waals surface area contributed by atoms with Crippen LogP contribution in [0.5, 0.6) is 0 Å². The van der Waals surface area contributed by atoms with E-state index in [4.69, 9.17) is 11.6 Å². The van der Waals surface area contributed by atoms with Crippen LogP contribution in [-0.2, 0) is 23.9 Å². The van der Waals surface area contributed by atoms with Crippen LogP contribution >= 0.6 is 11.6 Å². The fourth-order valence-corrected chi connectivity index (χ4v) is 8.31. The molecule has 252 valence electrons. The minimum absolute atomic E-state index is 0.145. The third-order valence-corrected chi connectivity index (χ3v) is 11.2. The largest absolute Gasteiger partial charge is 0.488 e. The van der Waals surface area contributed by atoms with Gasteiger partial charge in [-0.25, -0.2) is 0 Å². The molecule has 2 N–H and O–H groups in total. The second-order valence-corrected chi connectivity index (χ2v) is 15.1. The molecule has 0 saturated carbocycles. The van der Waals surface area contributed by atoms with E-state index in [-0.39, 0.29) is 10.8 Å². The molecule has 4 aromatic carbocycles. The monoisotopic (exact) mass is 679 g/mol. The van der Waals surface area contributed by atoms with Gasteiger partial charge in [-0.3, -0.25) is 0 Å². The number of benzene rings is 4. The van der Waals surface area contributed by atoms with Gasteiger partial charge in [0.05, 0.1) is 5.41 Å². The first-order valence-corrected chi connectivity index (χ1v) is 18.0. The van der Waals surface area contributed by atoms with Gasteiger partial charge in [-0.05, 0) is 73.0 Å². The van der Waals surface area contributed by atoms with Gasteiger partial charge in [-0.1, -0.05) is 129 Å². The number of allylic oxidation sites excluding steroid dienone is 8. The summed E-state index contributed by atoms with van der Waals surface area (Å²) in [5.41, 5.74) is 12.3. The normalized spacial score (nSPS) is 19.5. The van der Waals surface area contributed by atoms with Crippen LogP contribution < -0.4 is 10.4 Å². The summed E-state index contributed by atoms with van der Waals surface area (Å²) in [4.78, 5) is 2.46. The Morgan fingerprint density at radius 2 is 1.46 bits per heavy atom. The van der Waals surface area contributed by atoms with E-state index in [9.17, 15) is 10.0 Å². The molecule has 6 heteroatoms. The Morgan fingerprint density at radius 1 is 0.760 bits per heavy atom. The second-order valence-electron chi connectivity index (χ2n) is 14.7. The summed E-state index contributed by atoms with van der Waals surface area (Å²) in [7, 11) is -1.50. The average molecular weight is 680 g/mol. The average Bonchev–Trinajstić information content (AvgIpc) is 3.46. The van der Waals surface area contributed by atoms with Gasteiger partial charge in [-0.2, -0.15) is 4.58 Å². The van der Waals surface area contributed by atoms with Gasteiger partial charge in [0.1, 0.15) is 0 Å². The van der Waals surface area contributed by atoms with Gasteiger partial charge in [0.25, 0.3) is 0 Å². The van der Waals surface area contributed by atoms with Crippen molar-refractivity contribution in [2.45, 2.75) is 70.9 Å². The topological polar surface area (TPSA) is 46.7 Å². The van der Waals surface area contributed by atoms with Crippen LogP contribution in [0, 0.1) is 0 Å². The minimum Gasteiger partial charge on any atom is -0.423 e. The first-order valence-electron chi connectivity index (χ1n) is 17.6. The van der Waals surface area contributed by atoms with Crippen molar-refractivity contribution in [2.24, 2.45) is 0 Å². The smallest absolute Gasteiger partial charge is 0.423 e. The highest BCUT2D eigenvalue weighted by Crippen LogP contribution is 2.48. The zero-order chi connectivity index (χ0) is 35.0. The Bertz CT molecular complexity index is 2090. The summed E-state index contributed by atoms with van der Waals surface area (Å²) in [5, 5.41) is 20.5. The summed E-state index contributed by atoms with van der Waals surface area (Å²) in [6.07, 6.45) is 12.0. The maximum atomic E-state index is 9.81. The Hall–Kier alpha value is -4.42. The predicted octanol–water partition coefficient (Wildman–Crippen LogP) is 8.98. The van der Waals surface area contributed by atoms with Gasteiger partial charge in [0.15, 0.2) is 12.3 Å². The maximum absolute atomic E-state index is 9.81. The fourth-order valence-electron chi connectivity index (χ4n) is 7.99. The number of fused-ring (bicyclic) bond motifs is 2. The minimum atomic E-state index is -1.50. The highest BCUT2D eigenvalue weighted by Gasteiger charge is 2.44. The molecule has 50 heavy (non-hydrogen) atoms. The molecule has 1 aliphatic carbocycles. The van der Waals surface area contributed by atoms with Crippen molar-refractivity contribution in [1.29, 1.82) is 0 Å². The summed E-state index contributed by atoms with van der Waals surface area (Å²) in [5.74, 6) is 0. The molecule has 2 aliphatic heterocycles. The molecular weight excluding hydrogens is 635 g/mol. The zero-order valence-corrected chi connectivity index (χ0v) is 30.2. The van der Waals surface area contributed by atoms with Crippen molar-refractivity contribution in [3.05, 3.63) is 172 Å². The second kappa shape index (κ2) is 13.7. The lowest BCUT2D eigenvalue weighted by molar-refractivity contribution is -0.455. The van der Waals surface area contributed by atoms with Crippen molar-refractivity contribution in [3.63, 3.8) is 0 Å². The number of hydrogen-bond donors (Lipinski definition) is 2. The van der Waals surface area contributed by atoms with E-state index in [0.29, 0.717) is 12.0 Å². The SMILES string of the molecule is CC1(C)C(/C=C/C2=C(Cl)C(=C/C=C3/N(Cc4ccccc4)c4ccccc4C3(C)C)/CCC2)=[N+](Cc2cccc(B(O)O)c2)c2ccccc21. The lowest BCUT2D eigenvalue weighted by Crippen LogP contribution is -2.30. The first kappa shape index (κ1) is 34.1. The Balaban J connectivity index is 1.24. The molecular formula is C44H45BClN2O2+. The van der Waals surface area contributed by atoms with Gasteiger partial charge < -0.3 is 14.9 Å². The molecule has 4 aromatic rings. The van der Waals surface area contributed by atoms with Crippen molar-refractivity contribution < 1.29 is 14.6 Å². The van der Waals surface area contributed by atoms with Crippen LogP contribution in [0.2, 0.25) is 0 Å². The molecule has 7 rings (SSSR count). The van der Waals surface area contributed by atoms with E-state index < -0.39 is 7.12 Å². The van der Waals surface area contributed by atoms with Crippen LogP contribution in [0.3, 0.4) is 0 Å². The molecule has 0 unspecified atom stereocenters. The van der Waals surface area contributed by atoms with E-state index >= 15 is 0 Å². The van der Waals surface area contributed by atoms with Crippen LogP contribution in [-0.4, -0.2) is 27.5 Å². The number of halogens is 1. The quantitative estimate of drug-likeness (QED) is 0.144.